The fraction of sp³-hybridized carbons (Fsp3) is 0.421. The number of hydrogen-bond acceptors (Lipinski definition) is 3. The van der Waals surface area contributed by atoms with Crippen LogP contribution in [0.2, 0.25) is 0 Å². The molecule has 0 aliphatic heterocycles. The lowest BCUT2D eigenvalue weighted by Gasteiger charge is -2.14. The molecule has 3 aromatic heterocycles. The Bertz CT molecular complexity index is 866. The molecular formula is C19H23N5. The van der Waals surface area contributed by atoms with Crippen LogP contribution in [0.1, 0.15) is 50.6 Å². The smallest absolute Gasteiger partial charge is 0.114 e. The number of aryl methyl sites for hydroxylation is 1. The molecule has 0 saturated carbocycles. The number of H-pyrrole nitrogens is 2. The Morgan fingerprint density at radius 2 is 1.71 bits per heavy atom. The molecule has 0 saturated heterocycles. The van der Waals surface area contributed by atoms with E-state index in [1.54, 1.807) is 0 Å². The molecule has 3 heterocycles. The Kier molecular flexibility index (Phi) is 3.52. The lowest BCUT2D eigenvalue weighted by molar-refractivity contribution is 0.567. The summed E-state index contributed by atoms with van der Waals surface area (Å²) < 4.78 is 0. The van der Waals surface area contributed by atoms with E-state index in [4.69, 9.17) is 4.98 Å². The maximum atomic E-state index is 4.82. The van der Waals surface area contributed by atoms with Crippen molar-refractivity contribution in [2.75, 3.05) is 0 Å². The zero-order valence-corrected chi connectivity index (χ0v) is 14.5. The van der Waals surface area contributed by atoms with Gasteiger partial charge in [0.1, 0.15) is 11.4 Å². The minimum atomic E-state index is 0.0458. The predicted molar refractivity (Wildman–Crippen MR) is 94.7 cm³/mol. The molecule has 0 bridgehead atoms. The number of aromatic amines is 2. The SMILES string of the molecule is CC(C)(C)c1cc(-c2cccc(-c3n[nH]c4c3CCCC4)n2)n[nH]1. The molecule has 0 amide bonds. The minimum absolute atomic E-state index is 0.0458. The molecule has 5 heteroatoms. The van der Waals surface area contributed by atoms with Gasteiger partial charge in [-0.3, -0.25) is 10.2 Å². The summed E-state index contributed by atoms with van der Waals surface area (Å²) in [6.45, 7) is 6.51. The van der Waals surface area contributed by atoms with Gasteiger partial charge in [-0.05, 0) is 43.9 Å². The molecule has 3 aromatic rings. The number of nitrogens with one attached hydrogen (secondary N) is 2. The van der Waals surface area contributed by atoms with Crippen LogP contribution in [0.25, 0.3) is 22.8 Å². The Balaban J connectivity index is 1.72. The van der Waals surface area contributed by atoms with Crippen molar-refractivity contribution < 1.29 is 0 Å². The Morgan fingerprint density at radius 3 is 2.50 bits per heavy atom. The normalized spacial score (nSPS) is 14.6. The molecule has 124 valence electrons. The lowest BCUT2D eigenvalue weighted by Crippen LogP contribution is -2.11. The van der Waals surface area contributed by atoms with Crippen LogP contribution in [0, 0.1) is 0 Å². The van der Waals surface area contributed by atoms with Crippen LogP contribution in [-0.2, 0) is 18.3 Å². The summed E-state index contributed by atoms with van der Waals surface area (Å²) in [6.07, 6.45) is 4.65. The molecule has 0 unspecified atom stereocenters. The van der Waals surface area contributed by atoms with Crippen LogP contribution in [0.5, 0.6) is 0 Å². The van der Waals surface area contributed by atoms with Gasteiger partial charge in [-0.25, -0.2) is 4.98 Å². The van der Waals surface area contributed by atoms with Gasteiger partial charge in [-0.1, -0.05) is 26.8 Å². The molecule has 2 N–H and O–H groups in total. The fourth-order valence-electron chi connectivity index (χ4n) is 3.24. The van der Waals surface area contributed by atoms with Gasteiger partial charge in [0, 0.05) is 22.4 Å². The maximum absolute atomic E-state index is 4.82. The summed E-state index contributed by atoms with van der Waals surface area (Å²) in [5.41, 5.74) is 7.45. The van der Waals surface area contributed by atoms with Crippen molar-refractivity contribution in [1.82, 2.24) is 25.4 Å². The number of fused-ring (bicyclic) bond motifs is 1. The van der Waals surface area contributed by atoms with Crippen molar-refractivity contribution in [3.63, 3.8) is 0 Å². The van der Waals surface area contributed by atoms with Crippen molar-refractivity contribution in [3.05, 3.63) is 41.2 Å². The second kappa shape index (κ2) is 5.58. The predicted octanol–water partition coefficient (Wildman–Crippen LogP) is 4.04. The first-order valence-electron chi connectivity index (χ1n) is 8.62. The van der Waals surface area contributed by atoms with Crippen LogP contribution < -0.4 is 0 Å². The van der Waals surface area contributed by atoms with Crippen molar-refractivity contribution in [1.29, 1.82) is 0 Å². The summed E-state index contributed by atoms with van der Waals surface area (Å²) in [5, 5.41) is 15.3. The highest BCUT2D eigenvalue weighted by Gasteiger charge is 2.20. The topological polar surface area (TPSA) is 70.2 Å². The molecule has 5 nitrogen and oxygen atoms in total. The zero-order chi connectivity index (χ0) is 16.7. The lowest BCUT2D eigenvalue weighted by atomic mass is 9.92. The van der Waals surface area contributed by atoms with E-state index in [-0.39, 0.29) is 5.41 Å². The van der Waals surface area contributed by atoms with Crippen LogP contribution in [-0.4, -0.2) is 25.4 Å². The molecule has 4 rings (SSSR count). The number of nitrogens with zero attached hydrogens (tertiary/aromatic N) is 3. The molecule has 0 radical (unpaired) electrons. The average Bonchev–Trinajstić information content (AvgIpc) is 3.22. The van der Waals surface area contributed by atoms with Gasteiger partial charge in [0.2, 0.25) is 0 Å². The van der Waals surface area contributed by atoms with E-state index in [1.807, 2.05) is 18.2 Å². The first-order chi connectivity index (χ1) is 11.5. The molecule has 0 spiro atoms. The Morgan fingerprint density at radius 1 is 0.917 bits per heavy atom. The number of hydrogen-bond donors (Lipinski definition) is 2. The highest BCUT2D eigenvalue weighted by Crippen LogP contribution is 2.30. The van der Waals surface area contributed by atoms with Crippen LogP contribution >= 0.6 is 0 Å². The van der Waals surface area contributed by atoms with Crippen molar-refractivity contribution >= 4 is 0 Å². The largest absolute Gasteiger partial charge is 0.282 e. The highest BCUT2D eigenvalue weighted by atomic mass is 15.1. The standard InChI is InChI=1S/C19H23N5/c1-19(2,3)17-11-16(22-23-17)14-9-6-10-15(20-14)18-12-7-4-5-8-13(12)21-24-18/h6,9-11H,4-5,7-8H2,1-3H3,(H,21,24)(H,22,23). The average molecular weight is 321 g/mol. The van der Waals surface area contributed by atoms with Crippen LogP contribution in [0.3, 0.4) is 0 Å². The number of rotatable bonds is 2. The van der Waals surface area contributed by atoms with E-state index in [0.717, 1.165) is 41.3 Å². The second-order valence-electron chi connectivity index (χ2n) is 7.56. The van der Waals surface area contributed by atoms with Crippen molar-refractivity contribution in [3.8, 4) is 22.8 Å². The summed E-state index contributed by atoms with van der Waals surface area (Å²) in [5.74, 6) is 0. The van der Waals surface area contributed by atoms with Gasteiger partial charge >= 0.3 is 0 Å². The highest BCUT2D eigenvalue weighted by molar-refractivity contribution is 5.65. The summed E-state index contributed by atoms with van der Waals surface area (Å²) in [7, 11) is 0. The molecule has 0 aromatic carbocycles. The number of aromatic nitrogens is 5. The van der Waals surface area contributed by atoms with Crippen LogP contribution in [0.15, 0.2) is 24.3 Å². The first-order valence-corrected chi connectivity index (χ1v) is 8.62. The van der Waals surface area contributed by atoms with E-state index in [2.05, 4.69) is 47.2 Å². The van der Waals surface area contributed by atoms with Gasteiger partial charge in [-0.2, -0.15) is 10.2 Å². The van der Waals surface area contributed by atoms with E-state index in [1.165, 1.54) is 24.1 Å². The van der Waals surface area contributed by atoms with Crippen LogP contribution in [0.4, 0.5) is 0 Å². The third kappa shape index (κ3) is 2.64. The molecular weight excluding hydrogens is 298 g/mol. The van der Waals surface area contributed by atoms with Crippen molar-refractivity contribution in [2.45, 2.75) is 51.9 Å². The van der Waals surface area contributed by atoms with Crippen molar-refractivity contribution in [2.24, 2.45) is 0 Å². The third-order valence-electron chi connectivity index (χ3n) is 4.70. The molecule has 1 aliphatic carbocycles. The summed E-state index contributed by atoms with van der Waals surface area (Å²) in [4.78, 5) is 4.82. The van der Waals surface area contributed by atoms with Gasteiger partial charge in [-0.15, -0.1) is 0 Å². The second-order valence-corrected chi connectivity index (χ2v) is 7.56. The monoisotopic (exact) mass is 321 g/mol. The summed E-state index contributed by atoms with van der Waals surface area (Å²) >= 11 is 0. The Labute approximate surface area is 141 Å². The van der Waals surface area contributed by atoms with Gasteiger partial charge in [0.05, 0.1) is 11.4 Å². The first kappa shape index (κ1) is 15.1. The van der Waals surface area contributed by atoms with E-state index in [9.17, 15) is 0 Å². The maximum Gasteiger partial charge on any atom is 0.114 e. The van der Waals surface area contributed by atoms with Gasteiger partial charge < -0.3 is 0 Å². The van der Waals surface area contributed by atoms with E-state index < -0.39 is 0 Å². The fourth-order valence-corrected chi connectivity index (χ4v) is 3.24. The van der Waals surface area contributed by atoms with E-state index in [0.29, 0.717) is 0 Å². The van der Waals surface area contributed by atoms with Gasteiger partial charge in [0.25, 0.3) is 0 Å². The molecule has 0 atom stereocenters. The zero-order valence-electron chi connectivity index (χ0n) is 14.5. The molecule has 1 aliphatic rings. The van der Waals surface area contributed by atoms with Gasteiger partial charge in [0.15, 0.2) is 0 Å². The quantitative estimate of drug-likeness (QED) is 0.748. The molecule has 24 heavy (non-hydrogen) atoms. The number of pyridine rings is 1. The minimum Gasteiger partial charge on any atom is -0.282 e. The molecule has 0 fully saturated rings. The third-order valence-corrected chi connectivity index (χ3v) is 4.70. The summed E-state index contributed by atoms with van der Waals surface area (Å²) in [6, 6.07) is 8.16. The van der Waals surface area contributed by atoms with E-state index >= 15 is 0 Å². The Hall–Kier alpha value is -2.43.